The lowest BCUT2D eigenvalue weighted by atomic mass is 9.95. The van der Waals surface area contributed by atoms with Gasteiger partial charge in [-0.15, -0.1) is 14.7 Å². The van der Waals surface area contributed by atoms with E-state index >= 15 is 0 Å². The zero-order valence-electron chi connectivity index (χ0n) is 57.5. The van der Waals surface area contributed by atoms with Gasteiger partial charge in [-0.2, -0.15) is 20.6 Å². The number of nitrogens with two attached hydrogens (primary N) is 1. The van der Waals surface area contributed by atoms with Crippen molar-refractivity contribution in [3.8, 4) is 69.1 Å². The quantitative estimate of drug-likeness (QED) is 0.0164. The van der Waals surface area contributed by atoms with Crippen molar-refractivity contribution >= 4 is 20.0 Å². The normalized spacial score (nSPS) is 11.3. The van der Waals surface area contributed by atoms with Crippen molar-refractivity contribution in [1.82, 2.24) is 49.9 Å². The molecule has 0 fully saturated rings. The lowest BCUT2D eigenvalue weighted by Crippen LogP contribution is -2.30. The van der Waals surface area contributed by atoms with Crippen LogP contribution in [0.15, 0.2) is 61.2 Å². The van der Waals surface area contributed by atoms with Crippen LogP contribution in [-0.2, 0) is 21.1 Å². The Morgan fingerprint density at radius 1 is 0.611 bits per heavy atom. The molecule has 0 radical (unpaired) electrons. The number of aliphatic carboxylic acids is 2. The molecule has 0 aromatic carbocycles. The maximum absolute atomic E-state index is 11.3. The molecule has 90 heavy (non-hydrogen) atoms. The van der Waals surface area contributed by atoms with Crippen LogP contribution >= 0.6 is 0 Å². The Hall–Kier alpha value is -6.91. The van der Waals surface area contributed by atoms with Crippen LogP contribution in [0.5, 0.6) is 23.8 Å². The predicted octanol–water partition coefficient (Wildman–Crippen LogP) is 16.9. The molecule has 20 nitrogen and oxygen atoms in total. The maximum Gasteiger partial charge on any atom is 0.336 e. The number of halogens is 1. The number of hydrogen-bond acceptors (Lipinski definition) is 16. The first-order chi connectivity index (χ1) is 42.9. The van der Waals surface area contributed by atoms with Crippen LogP contribution in [0, 0.1) is 24.7 Å². The first kappa shape index (κ1) is 79.2. The second kappa shape index (κ2) is 42.2. The number of hydrogen-bond donors (Lipinski definition) is 4. The van der Waals surface area contributed by atoms with Crippen LogP contribution in [0.2, 0.25) is 25.7 Å². The number of nitrogens with one attached hydrogen (secondary N) is 1. The number of aryl methyl sites for hydroxylation is 2. The maximum atomic E-state index is 11.3. The van der Waals surface area contributed by atoms with Crippen LogP contribution in [0.3, 0.4) is 0 Å². The van der Waals surface area contributed by atoms with Gasteiger partial charge < -0.3 is 33.9 Å². The third kappa shape index (κ3) is 28.9. The molecular formula is C68H110FN11O9Si. The Kier molecular flexibility index (Phi) is 37.1. The lowest BCUT2D eigenvalue weighted by Gasteiger charge is -2.19. The number of aromatic nitrogens is 10. The third-order valence-electron chi connectivity index (χ3n) is 14.7. The average Bonchev–Trinajstić information content (AvgIpc) is 2.13. The van der Waals surface area contributed by atoms with Gasteiger partial charge in [-0.1, -0.05) is 152 Å². The highest BCUT2D eigenvalue weighted by atomic mass is 28.3. The van der Waals surface area contributed by atoms with E-state index in [-0.39, 0.29) is 32.2 Å². The second-order valence-electron chi connectivity index (χ2n) is 25.0. The fraction of sp³-hybridized carbons (Fsp3) is 0.618. The molecule has 22 heteroatoms. The van der Waals surface area contributed by atoms with Crippen molar-refractivity contribution in [2.24, 2.45) is 16.8 Å². The second-order valence-corrected chi connectivity index (χ2v) is 30.6. The summed E-state index contributed by atoms with van der Waals surface area (Å²) in [5.41, 5.74) is 4.60. The van der Waals surface area contributed by atoms with Gasteiger partial charge in [0.05, 0.1) is 22.2 Å². The summed E-state index contributed by atoms with van der Waals surface area (Å²) in [6.45, 7) is 35.6. The molecule has 0 saturated carbocycles. The molecule has 0 spiro atoms. The minimum Gasteiger partial charge on any atom is -0.481 e. The van der Waals surface area contributed by atoms with Gasteiger partial charge in [0, 0.05) is 73.9 Å². The van der Waals surface area contributed by atoms with Gasteiger partial charge in [0.25, 0.3) is 0 Å². The number of carbonyl (C=O) groups is 2. The Balaban J connectivity index is 0.000000488. The Morgan fingerprint density at radius 2 is 1.04 bits per heavy atom. The molecule has 0 bridgehead atoms. The lowest BCUT2D eigenvalue weighted by molar-refractivity contribution is -0.149. The Bertz CT molecular complexity index is 2900. The van der Waals surface area contributed by atoms with E-state index in [4.69, 9.17) is 28.2 Å². The molecular weight excluding hydrogens is 1160 g/mol. The molecule has 0 aliphatic heterocycles. The molecule has 5 N–H and O–H groups in total. The third-order valence-corrected chi connectivity index (χ3v) is 16.4. The summed E-state index contributed by atoms with van der Waals surface area (Å²) >= 11 is 0. The number of H-pyrrole nitrogens is 1. The van der Waals surface area contributed by atoms with Crippen LogP contribution in [0.25, 0.3) is 45.3 Å². The number of carboxylic acids is 2. The highest BCUT2D eigenvalue weighted by Crippen LogP contribution is 2.30. The summed E-state index contributed by atoms with van der Waals surface area (Å²) in [4.78, 5) is 49.5. The zero-order valence-corrected chi connectivity index (χ0v) is 58.5. The summed E-state index contributed by atoms with van der Waals surface area (Å²) in [6, 6.07) is 13.0. The van der Waals surface area contributed by atoms with E-state index in [0.29, 0.717) is 42.0 Å². The van der Waals surface area contributed by atoms with E-state index < -0.39 is 30.8 Å². The minimum atomic E-state index is -1.19. The summed E-state index contributed by atoms with van der Waals surface area (Å²) in [5, 5.41) is 30.2. The van der Waals surface area contributed by atoms with Gasteiger partial charge in [0.15, 0.2) is 11.6 Å². The monoisotopic (exact) mass is 1270 g/mol. The summed E-state index contributed by atoms with van der Waals surface area (Å²) in [5.74, 6) is 3.02. The van der Waals surface area contributed by atoms with E-state index in [9.17, 15) is 19.8 Å². The molecule has 0 aliphatic rings. The van der Waals surface area contributed by atoms with Gasteiger partial charge in [-0.3, -0.25) is 24.7 Å². The van der Waals surface area contributed by atoms with Gasteiger partial charge in [-0.05, 0) is 109 Å². The van der Waals surface area contributed by atoms with Gasteiger partial charge >= 0.3 is 24.0 Å². The summed E-state index contributed by atoms with van der Waals surface area (Å²) < 4.78 is 39.8. The number of rotatable bonds is 35. The standard InChI is InChI=1S/C29H43N5O5Si.C23H29N5O4.2C8H18.FH2N/c1-9-22(10-2)39-28-32-26(33-34(28)19-37-13-14-40(6,7)8)21-11-12-24(30-16-21)23-17-31-25(15-20(23)3)38-18-29(4,5)27(35)36;1-6-16(7-2)32-22-26-20(27-28-22)15-8-9-18(24-11-15)17-12-25-19(10-14(17)3)31-13-23(4,5)21(29)30;2*1-3-5-7-8-6-4-2;1-2/h11-12,15-17,22H,9-10,13-14,18-19H2,1-8H3,(H,35,36);8-12,16H,6-7,13H2,1-5H3,(H,29,30)(H,26,27,28);2*3-8H2,1-2H3;2H2. The first-order valence-electron chi connectivity index (χ1n) is 32.5. The molecule has 0 atom stereocenters. The molecule has 0 unspecified atom stereocenters. The topological polar surface area (TPSA) is 271 Å². The molecule has 0 aliphatic carbocycles. The minimum absolute atomic E-state index is 0.0209. The highest BCUT2D eigenvalue weighted by molar-refractivity contribution is 6.76. The molecule has 6 aromatic heterocycles. The van der Waals surface area contributed by atoms with Crippen molar-refractivity contribution in [1.29, 1.82) is 0 Å². The van der Waals surface area contributed by atoms with Gasteiger partial charge in [0.1, 0.15) is 32.2 Å². The number of nitrogens with zero attached hydrogens (tertiary/aromatic N) is 9. The Labute approximate surface area is 537 Å². The first-order valence-corrected chi connectivity index (χ1v) is 36.2. The molecule has 6 heterocycles. The van der Waals surface area contributed by atoms with Crippen LogP contribution in [-0.4, -0.2) is 112 Å². The number of aromatic amines is 1. The summed E-state index contributed by atoms with van der Waals surface area (Å²) in [7, 11) is -1.19. The van der Waals surface area contributed by atoms with Crippen LogP contribution in [0.4, 0.5) is 4.48 Å². The smallest absolute Gasteiger partial charge is 0.336 e. The van der Waals surface area contributed by atoms with Crippen LogP contribution in [0.1, 0.15) is 197 Å². The van der Waals surface area contributed by atoms with Crippen molar-refractivity contribution in [3.05, 3.63) is 72.3 Å². The van der Waals surface area contributed by atoms with Gasteiger partial charge in [0.2, 0.25) is 11.8 Å². The van der Waals surface area contributed by atoms with E-state index in [0.717, 1.165) is 76.5 Å². The molecule has 0 amide bonds. The van der Waals surface area contributed by atoms with E-state index in [1.807, 2.05) is 38.1 Å². The van der Waals surface area contributed by atoms with E-state index in [2.05, 4.69) is 126 Å². The van der Waals surface area contributed by atoms with Gasteiger partial charge in [-0.25, -0.2) is 9.97 Å². The SMILES string of the molecule is CCC(CC)Oc1n[nH]c(-c2ccc(-c3cnc(OCC(C)(C)C(=O)O)cc3C)nc2)n1.CCC(CC)Oc1nc(-c2ccc(-c3cnc(OCC(C)(C)C(=O)O)cc3C)nc2)nn1COCC[Si](C)(C)C.CCCCCCCC.CCCCCCCC.NF. The average molecular weight is 1270 g/mol. The largest absolute Gasteiger partial charge is 0.481 e. The predicted molar refractivity (Wildman–Crippen MR) is 360 cm³/mol. The number of unbranched alkanes of at least 4 members (excludes halogenated alkanes) is 10. The van der Waals surface area contributed by atoms with Crippen molar-refractivity contribution in [2.45, 2.75) is 244 Å². The highest BCUT2D eigenvalue weighted by Gasteiger charge is 2.30. The van der Waals surface area contributed by atoms with Crippen molar-refractivity contribution < 1.29 is 48.0 Å². The number of pyridine rings is 4. The summed E-state index contributed by atoms with van der Waals surface area (Å²) in [6.07, 6.45) is 27.5. The molecule has 0 saturated heterocycles. The fourth-order valence-corrected chi connectivity index (χ4v) is 9.02. The zero-order chi connectivity index (χ0) is 67.3. The van der Waals surface area contributed by atoms with Crippen LogP contribution < -0.4 is 24.9 Å². The molecule has 6 rings (SSSR count). The number of ether oxygens (including phenoxy) is 5. The van der Waals surface area contributed by atoms with E-state index in [1.54, 1.807) is 69.3 Å². The fourth-order valence-electron chi connectivity index (χ4n) is 8.26. The van der Waals surface area contributed by atoms with E-state index in [1.165, 1.54) is 77.0 Å². The molecule has 6 aromatic rings. The molecule has 502 valence electrons. The van der Waals surface area contributed by atoms with Crippen molar-refractivity contribution in [3.63, 3.8) is 0 Å². The number of carboxylic acid groups (broad SMARTS) is 2. The van der Waals surface area contributed by atoms with Crippen molar-refractivity contribution in [2.75, 3.05) is 19.8 Å². The Morgan fingerprint density at radius 3 is 1.42 bits per heavy atom.